The van der Waals surface area contributed by atoms with Gasteiger partial charge in [-0.3, -0.25) is 0 Å². The Balaban J connectivity index is 0.00000137. The molecule has 1 unspecified atom stereocenters. The number of quaternary nitrogens is 1. The fourth-order valence-corrected chi connectivity index (χ4v) is 2.77. The summed E-state index contributed by atoms with van der Waals surface area (Å²) in [5, 5.41) is 9.02. The first kappa shape index (κ1) is 17.6. The van der Waals surface area contributed by atoms with Crippen molar-refractivity contribution < 1.29 is 10.0 Å². The fourth-order valence-electron chi connectivity index (χ4n) is 1.88. The lowest BCUT2D eigenvalue weighted by molar-refractivity contribution is -0.900. The highest BCUT2D eigenvalue weighted by atomic mass is 32.1. The van der Waals surface area contributed by atoms with Crippen LogP contribution in [0.3, 0.4) is 0 Å². The van der Waals surface area contributed by atoms with Gasteiger partial charge in [-0.15, -0.1) is 11.3 Å². The number of thiophene rings is 1. The van der Waals surface area contributed by atoms with Crippen LogP contribution in [0.4, 0.5) is 0 Å². The maximum absolute atomic E-state index is 9.02. The first-order chi connectivity index (χ1) is 8.76. The molecule has 1 aromatic rings. The zero-order valence-corrected chi connectivity index (χ0v) is 13.3. The van der Waals surface area contributed by atoms with Gasteiger partial charge in [-0.05, 0) is 25.5 Å². The minimum atomic E-state index is 0.308. The zero-order valence-electron chi connectivity index (χ0n) is 12.5. The second-order valence-electron chi connectivity index (χ2n) is 4.34. The summed E-state index contributed by atoms with van der Waals surface area (Å²) in [4.78, 5) is 4.41. The number of rotatable bonds is 8. The van der Waals surface area contributed by atoms with Gasteiger partial charge in [0.05, 0.1) is 19.7 Å². The van der Waals surface area contributed by atoms with E-state index < -0.39 is 0 Å². The van der Waals surface area contributed by atoms with Gasteiger partial charge in [0.15, 0.2) is 0 Å². The third kappa shape index (κ3) is 7.85. The Hall–Kier alpha value is -0.380. The number of hydrogen-bond donors (Lipinski definition) is 2. The normalized spacial score (nSPS) is 11.8. The summed E-state index contributed by atoms with van der Waals surface area (Å²) in [6.45, 7) is 11.9. The second-order valence-corrected chi connectivity index (χ2v) is 5.71. The molecule has 2 nitrogen and oxygen atoms in total. The number of aliphatic hydroxyl groups excluding tert-OH is 1. The number of aryl methyl sites for hydroxylation is 1. The van der Waals surface area contributed by atoms with Gasteiger partial charge in [0.25, 0.3) is 0 Å². The van der Waals surface area contributed by atoms with Gasteiger partial charge in [-0.1, -0.05) is 27.2 Å². The Kier molecular flexibility index (Phi) is 11.4. The third-order valence-corrected chi connectivity index (χ3v) is 3.93. The van der Waals surface area contributed by atoms with E-state index >= 15 is 0 Å². The van der Waals surface area contributed by atoms with Crippen LogP contribution in [-0.2, 0) is 6.42 Å². The molecule has 2 N–H and O–H groups in total. The fraction of sp³-hybridized carbons (Fsp3) is 0.733. The van der Waals surface area contributed by atoms with E-state index in [4.69, 9.17) is 5.11 Å². The van der Waals surface area contributed by atoms with Crippen LogP contribution in [0, 0.1) is 6.92 Å². The van der Waals surface area contributed by atoms with Crippen molar-refractivity contribution in [3.63, 3.8) is 0 Å². The van der Waals surface area contributed by atoms with Crippen LogP contribution in [0.2, 0.25) is 0 Å². The number of aliphatic hydroxyl groups is 1. The van der Waals surface area contributed by atoms with E-state index in [-0.39, 0.29) is 0 Å². The van der Waals surface area contributed by atoms with Crippen LogP contribution < -0.4 is 4.90 Å². The molecule has 0 spiro atoms. The molecule has 0 saturated heterocycles. The summed E-state index contributed by atoms with van der Waals surface area (Å²) >= 11 is 1.90. The third-order valence-electron chi connectivity index (χ3n) is 2.87. The summed E-state index contributed by atoms with van der Waals surface area (Å²) in [7, 11) is 0. The monoisotopic (exact) mass is 272 g/mol. The van der Waals surface area contributed by atoms with Crippen LogP contribution in [0.1, 0.15) is 43.4 Å². The number of nitrogens with one attached hydrogen (secondary N) is 1. The van der Waals surface area contributed by atoms with Crippen LogP contribution >= 0.6 is 11.3 Å². The quantitative estimate of drug-likeness (QED) is 0.746. The van der Waals surface area contributed by atoms with Crippen molar-refractivity contribution in [2.45, 2.75) is 47.0 Å². The highest BCUT2D eigenvalue weighted by Crippen LogP contribution is 2.14. The van der Waals surface area contributed by atoms with Gasteiger partial charge in [0.2, 0.25) is 0 Å². The minimum Gasteiger partial charge on any atom is -0.391 e. The molecule has 0 amide bonds. The molecule has 0 aromatic carbocycles. The summed E-state index contributed by atoms with van der Waals surface area (Å²) in [6, 6.07) is 4.42. The molecule has 0 aliphatic heterocycles. The maximum atomic E-state index is 9.02. The minimum absolute atomic E-state index is 0.308. The average molecular weight is 272 g/mol. The first-order valence-corrected chi connectivity index (χ1v) is 8.07. The number of unbranched alkanes of at least 4 members (excludes halogenated alkanes) is 1. The van der Waals surface area contributed by atoms with Crippen LogP contribution in [0.15, 0.2) is 12.1 Å². The van der Waals surface area contributed by atoms with E-state index in [1.165, 1.54) is 34.0 Å². The van der Waals surface area contributed by atoms with Crippen molar-refractivity contribution in [1.29, 1.82) is 0 Å². The summed E-state index contributed by atoms with van der Waals surface area (Å²) in [5.74, 6) is 0. The molecule has 0 saturated carbocycles. The molecule has 18 heavy (non-hydrogen) atoms. The molecule has 0 bridgehead atoms. The lowest BCUT2D eigenvalue weighted by Crippen LogP contribution is -3.12. The molecule has 1 atom stereocenters. The highest BCUT2D eigenvalue weighted by Gasteiger charge is 2.08. The average Bonchev–Trinajstić information content (AvgIpc) is 2.81. The van der Waals surface area contributed by atoms with Crippen molar-refractivity contribution >= 4 is 11.3 Å². The highest BCUT2D eigenvalue weighted by molar-refractivity contribution is 7.11. The largest absolute Gasteiger partial charge is 0.391 e. The number of hydrogen-bond acceptors (Lipinski definition) is 2. The topological polar surface area (TPSA) is 24.7 Å². The first-order valence-electron chi connectivity index (χ1n) is 7.26. The van der Waals surface area contributed by atoms with Crippen molar-refractivity contribution in [2.24, 2.45) is 0 Å². The van der Waals surface area contributed by atoms with Crippen LogP contribution in [0.25, 0.3) is 0 Å². The zero-order chi connectivity index (χ0) is 13.8. The van der Waals surface area contributed by atoms with Gasteiger partial charge in [0.1, 0.15) is 6.54 Å². The van der Waals surface area contributed by atoms with Gasteiger partial charge in [-0.2, -0.15) is 0 Å². The Morgan fingerprint density at radius 2 is 1.89 bits per heavy atom. The molecular weight excluding hydrogens is 242 g/mol. The molecular formula is C15H30NOS+. The smallest absolute Gasteiger partial charge is 0.101 e. The van der Waals surface area contributed by atoms with Gasteiger partial charge in [0, 0.05) is 16.2 Å². The SMILES string of the molecule is CC.CCCC[NH+](CCO)CCc1ccc(C)s1. The molecule has 0 aliphatic rings. The molecule has 1 aromatic heterocycles. The van der Waals surface area contributed by atoms with Gasteiger partial charge in [-0.25, -0.2) is 0 Å². The molecule has 0 aliphatic carbocycles. The molecule has 1 heterocycles. The lowest BCUT2D eigenvalue weighted by atomic mass is 10.2. The van der Waals surface area contributed by atoms with Crippen molar-refractivity contribution in [3.8, 4) is 0 Å². The summed E-state index contributed by atoms with van der Waals surface area (Å²) < 4.78 is 0. The molecule has 0 radical (unpaired) electrons. The summed E-state index contributed by atoms with van der Waals surface area (Å²) in [5.41, 5.74) is 0. The Labute approximate surface area is 117 Å². The Morgan fingerprint density at radius 3 is 2.39 bits per heavy atom. The van der Waals surface area contributed by atoms with Gasteiger partial charge < -0.3 is 10.0 Å². The predicted octanol–water partition coefficient (Wildman–Crippen LogP) is 2.30. The maximum Gasteiger partial charge on any atom is 0.101 e. The lowest BCUT2D eigenvalue weighted by Gasteiger charge is -2.17. The van der Waals surface area contributed by atoms with Crippen molar-refractivity contribution in [3.05, 3.63) is 21.9 Å². The van der Waals surface area contributed by atoms with E-state index in [9.17, 15) is 0 Å². The summed E-state index contributed by atoms with van der Waals surface area (Å²) in [6.07, 6.45) is 3.66. The van der Waals surface area contributed by atoms with Crippen LogP contribution in [-0.4, -0.2) is 31.3 Å². The second kappa shape index (κ2) is 11.7. The van der Waals surface area contributed by atoms with E-state index in [1.54, 1.807) is 0 Å². The Morgan fingerprint density at radius 1 is 1.17 bits per heavy atom. The van der Waals surface area contributed by atoms with Crippen LogP contribution in [0.5, 0.6) is 0 Å². The molecule has 3 heteroatoms. The van der Waals surface area contributed by atoms with Gasteiger partial charge >= 0.3 is 0 Å². The molecule has 106 valence electrons. The van der Waals surface area contributed by atoms with Crippen molar-refractivity contribution in [1.82, 2.24) is 0 Å². The van der Waals surface area contributed by atoms with E-state index in [0.29, 0.717) is 6.61 Å². The van der Waals surface area contributed by atoms with E-state index in [2.05, 4.69) is 26.0 Å². The standard InChI is InChI=1S/C13H23NOS.C2H6/c1-3-4-8-14(10-11-15)9-7-13-6-5-12(2)16-13;1-2/h5-6,15H,3-4,7-11H2,1-2H3;1-2H3/p+1. The Bertz CT molecular complexity index is 286. The molecule has 1 rings (SSSR count). The predicted molar refractivity (Wildman–Crippen MR) is 81.7 cm³/mol. The van der Waals surface area contributed by atoms with E-state index in [1.807, 2.05) is 25.2 Å². The van der Waals surface area contributed by atoms with E-state index in [0.717, 1.165) is 19.5 Å². The molecule has 0 fully saturated rings. The van der Waals surface area contributed by atoms with Crippen molar-refractivity contribution in [2.75, 3.05) is 26.2 Å².